The second-order valence-electron chi connectivity index (χ2n) is 4.37. The number of rotatable bonds is 4. The lowest BCUT2D eigenvalue weighted by Crippen LogP contribution is -2.32. The SMILES string of the molecule is O=C(O)C1(c2ccc(OCF)cc2)CCCC1. The largest absolute Gasteiger partial charge is 0.481 e. The van der Waals surface area contributed by atoms with Crippen molar-refractivity contribution >= 4 is 5.97 Å². The number of carboxylic acid groups (broad SMARTS) is 1. The molecule has 3 nitrogen and oxygen atoms in total. The van der Waals surface area contributed by atoms with Crippen LogP contribution in [0.15, 0.2) is 24.3 Å². The second kappa shape index (κ2) is 4.73. The van der Waals surface area contributed by atoms with Crippen molar-refractivity contribution in [1.29, 1.82) is 0 Å². The summed E-state index contributed by atoms with van der Waals surface area (Å²) in [6.07, 6.45) is 3.22. The maximum atomic E-state index is 12.0. The van der Waals surface area contributed by atoms with Crippen LogP contribution in [-0.4, -0.2) is 17.9 Å². The molecule has 0 radical (unpaired) electrons. The van der Waals surface area contributed by atoms with E-state index < -0.39 is 18.2 Å². The molecule has 1 N–H and O–H groups in total. The number of carbonyl (C=O) groups is 1. The van der Waals surface area contributed by atoms with E-state index in [0.29, 0.717) is 18.6 Å². The van der Waals surface area contributed by atoms with Crippen molar-refractivity contribution < 1.29 is 19.0 Å². The van der Waals surface area contributed by atoms with Crippen molar-refractivity contribution in [3.8, 4) is 5.75 Å². The zero-order valence-electron chi connectivity index (χ0n) is 9.49. The van der Waals surface area contributed by atoms with Gasteiger partial charge in [0.1, 0.15) is 5.75 Å². The van der Waals surface area contributed by atoms with Crippen LogP contribution in [0.25, 0.3) is 0 Å². The Hall–Kier alpha value is -1.58. The van der Waals surface area contributed by atoms with E-state index in [9.17, 15) is 14.3 Å². The van der Waals surface area contributed by atoms with E-state index in [1.54, 1.807) is 24.3 Å². The third-order valence-electron chi connectivity index (χ3n) is 3.49. The van der Waals surface area contributed by atoms with Crippen LogP contribution in [0.1, 0.15) is 31.2 Å². The smallest absolute Gasteiger partial charge is 0.314 e. The van der Waals surface area contributed by atoms with E-state index in [1.807, 2.05) is 0 Å². The fraction of sp³-hybridized carbons (Fsp3) is 0.462. The summed E-state index contributed by atoms with van der Waals surface area (Å²) < 4.78 is 16.7. The minimum atomic E-state index is -0.872. The molecule has 4 heteroatoms. The molecule has 17 heavy (non-hydrogen) atoms. The summed E-state index contributed by atoms with van der Waals surface area (Å²) in [5, 5.41) is 9.40. The highest BCUT2D eigenvalue weighted by Gasteiger charge is 2.42. The summed E-state index contributed by atoms with van der Waals surface area (Å²) in [5.41, 5.74) is 0.0301. The molecule has 1 fully saturated rings. The molecule has 92 valence electrons. The molecule has 0 aromatic heterocycles. The van der Waals surface area contributed by atoms with Crippen molar-refractivity contribution in [2.75, 3.05) is 6.86 Å². The Bertz CT molecular complexity index is 394. The van der Waals surface area contributed by atoms with E-state index in [4.69, 9.17) is 4.74 Å². The number of benzene rings is 1. The van der Waals surface area contributed by atoms with E-state index in [0.717, 1.165) is 18.4 Å². The molecule has 2 rings (SSSR count). The van der Waals surface area contributed by atoms with Gasteiger partial charge in [0.2, 0.25) is 6.86 Å². The molecular weight excluding hydrogens is 223 g/mol. The van der Waals surface area contributed by atoms with E-state index in [-0.39, 0.29) is 0 Å². The van der Waals surface area contributed by atoms with Gasteiger partial charge in [-0.2, -0.15) is 0 Å². The maximum Gasteiger partial charge on any atom is 0.314 e. The average molecular weight is 238 g/mol. The minimum absolute atomic E-state index is 0.426. The third kappa shape index (κ3) is 2.12. The highest BCUT2D eigenvalue weighted by atomic mass is 19.1. The summed E-state index contributed by atoms with van der Waals surface area (Å²) in [5.74, 6) is -0.344. The van der Waals surface area contributed by atoms with Crippen LogP contribution < -0.4 is 4.74 Å². The molecule has 0 aliphatic heterocycles. The maximum absolute atomic E-state index is 12.0. The molecule has 0 atom stereocenters. The van der Waals surface area contributed by atoms with Gasteiger partial charge < -0.3 is 9.84 Å². The molecule has 0 spiro atoms. The van der Waals surface area contributed by atoms with Gasteiger partial charge in [0.05, 0.1) is 5.41 Å². The van der Waals surface area contributed by atoms with Crippen LogP contribution >= 0.6 is 0 Å². The third-order valence-corrected chi connectivity index (χ3v) is 3.49. The topological polar surface area (TPSA) is 46.5 Å². The molecule has 1 saturated carbocycles. The predicted octanol–water partition coefficient (Wildman–Crippen LogP) is 2.89. The molecule has 0 saturated heterocycles. The van der Waals surface area contributed by atoms with Gasteiger partial charge in [0.25, 0.3) is 0 Å². The Morgan fingerprint density at radius 1 is 1.29 bits per heavy atom. The molecule has 1 aromatic rings. The number of halogens is 1. The molecule has 1 aliphatic carbocycles. The molecule has 0 amide bonds. The second-order valence-corrected chi connectivity index (χ2v) is 4.37. The van der Waals surface area contributed by atoms with Gasteiger partial charge in [-0.15, -0.1) is 0 Å². The number of aliphatic carboxylic acids is 1. The highest BCUT2D eigenvalue weighted by molar-refractivity contribution is 5.81. The molecule has 0 bridgehead atoms. The zero-order chi connectivity index (χ0) is 12.3. The van der Waals surface area contributed by atoms with Crippen molar-refractivity contribution in [3.05, 3.63) is 29.8 Å². The fourth-order valence-electron chi connectivity index (χ4n) is 2.54. The Morgan fingerprint density at radius 3 is 2.35 bits per heavy atom. The quantitative estimate of drug-likeness (QED) is 0.877. The lowest BCUT2D eigenvalue weighted by atomic mass is 9.79. The van der Waals surface area contributed by atoms with Crippen LogP contribution in [0.3, 0.4) is 0 Å². The number of ether oxygens (including phenoxy) is 1. The Morgan fingerprint density at radius 2 is 1.88 bits per heavy atom. The van der Waals surface area contributed by atoms with Crippen molar-refractivity contribution in [1.82, 2.24) is 0 Å². The standard InChI is InChI=1S/C13H15FO3/c14-9-17-11-5-3-10(4-6-11)13(12(15)16)7-1-2-8-13/h3-6H,1-2,7-9H2,(H,15,16). The van der Waals surface area contributed by atoms with Crippen LogP contribution in [-0.2, 0) is 10.2 Å². The number of alkyl halides is 1. The van der Waals surface area contributed by atoms with Crippen molar-refractivity contribution in [2.45, 2.75) is 31.1 Å². The lowest BCUT2D eigenvalue weighted by molar-refractivity contribution is -0.143. The van der Waals surface area contributed by atoms with E-state index >= 15 is 0 Å². The Labute approximate surface area is 99.2 Å². The van der Waals surface area contributed by atoms with Gasteiger partial charge in [-0.05, 0) is 30.5 Å². The summed E-state index contributed by atoms with van der Waals surface area (Å²) >= 11 is 0. The summed E-state index contributed by atoms with van der Waals surface area (Å²) in [7, 11) is 0. The fourth-order valence-corrected chi connectivity index (χ4v) is 2.54. The van der Waals surface area contributed by atoms with Gasteiger partial charge in [-0.1, -0.05) is 25.0 Å². The van der Waals surface area contributed by atoms with Gasteiger partial charge in [-0.25, -0.2) is 4.39 Å². The average Bonchev–Trinajstić information content (AvgIpc) is 2.81. The van der Waals surface area contributed by atoms with Crippen molar-refractivity contribution in [3.63, 3.8) is 0 Å². The monoisotopic (exact) mass is 238 g/mol. The highest BCUT2D eigenvalue weighted by Crippen LogP contribution is 2.41. The van der Waals surface area contributed by atoms with E-state index in [1.165, 1.54) is 0 Å². The first-order valence-electron chi connectivity index (χ1n) is 5.72. The van der Waals surface area contributed by atoms with Crippen LogP contribution in [0.5, 0.6) is 5.75 Å². The summed E-state index contributed by atoms with van der Waals surface area (Å²) in [6.45, 7) is -0.872. The lowest BCUT2D eigenvalue weighted by Gasteiger charge is -2.24. The first-order chi connectivity index (χ1) is 8.19. The predicted molar refractivity (Wildman–Crippen MR) is 60.8 cm³/mol. The summed E-state index contributed by atoms with van der Waals surface area (Å²) in [6, 6.07) is 6.70. The number of carboxylic acids is 1. The van der Waals surface area contributed by atoms with Gasteiger partial charge in [0.15, 0.2) is 0 Å². The Balaban J connectivity index is 2.28. The molecule has 0 unspecified atom stereocenters. The van der Waals surface area contributed by atoms with Crippen LogP contribution in [0.4, 0.5) is 4.39 Å². The number of hydrogen-bond donors (Lipinski definition) is 1. The molecule has 1 aliphatic rings. The normalized spacial score (nSPS) is 17.9. The van der Waals surface area contributed by atoms with E-state index in [2.05, 4.69) is 0 Å². The first kappa shape index (κ1) is 11.9. The molecular formula is C13H15FO3. The summed E-state index contributed by atoms with van der Waals surface area (Å²) in [4.78, 5) is 11.4. The molecule has 0 heterocycles. The number of hydrogen-bond acceptors (Lipinski definition) is 2. The van der Waals surface area contributed by atoms with Crippen LogP contribution in [0, 0.1) is 0 Å². The molecule has 1 aromatic carbocycles. The van der Waals surface area contributed by atoms with Crippen molar-refractivity contribution in [2.24, 2.45) is 0 Å². The van der Waals surface area contributed by atoms with Crippen LogP contribution in [0.2, 0.25) is 0 Å². The van der Waals surface area contributed by atoms with Gasteiger partial charge in [0, 0.05) is 0 Å². The van der Waals surface area contributed by atoms with Gasteiger partial charge >= 0.3 is 5.97 Å². The van der Waals surface area contributed by atoms with Gasteiger partial charge in [-0.3, -0.25) is 4.79 Å². The first-order valence-corrected chi connectivity index (χ1v) is 5.72. The zero-order valence-corrected chi connectivity index (χ0v) is 9.49. The Kier molecular flexibility index (Phi) is 3.31. The minimum Gasteiger partial charge on any atom is -0.481 e.